The van der Waals surface area contributed by atoms with Gasteiger partial charge in [0, 0.05) is 6.54 Å². The average molecular weight is 332 g/mol. The fourth-order valence-corrected chi connectivity index (χ4v) is 1.50. The van der Waals surface area contributed by atoms with Gasteiger partial charge in [-0.1, -0.05) is 81.6 Å². The Labute approximate surface area is 147 Å². The maximum atomic E-state index is 10.4. The van der Waals surface area contributed by atoms with E-state index in [1.807, 2.05) is 26.8 Å². The molecular weight excluding hydrogens is 298 g/mol. The first kappa shape index (κ1) is 24.1. The lowest BCUT2D eigenvalue weighted by atomic mass is 10.1. The molecule has 3 heteroatoms. The van der Waals surface area contributed by atoms with Gasteiger partial charge in [-0.2, -0.15) is 0 Å². The van der Waals surface area contributed by atoms with Gasteiger partial charge in [-0.05, 0) is 31.5 Å². The Bertz CT molecular complexity index is 548. The number of aromatic carboxylic acids is 1. The zero-order valence-electron chi connectivity index (χ0n) is 16.0. The molecule has 3 nitrogen and oxygen atoms in total. The molecule has 134 valence electrons. The molecule has 0 radical (unpaired) electrons. The lowest BCUT2D eigenvalue weighted by Crippen LogP contribution is -1.95. The molecule has 0 aliphatic heterocycles. The standard InChI is InChI=1S/C8H11N.C8H8O2.C3H8.C2H6/c1-7-2-4-8(6-9)5-3-7;1-6-3-2-4-7(5-6)8(9)10;1-3-2;1-2/h2-5H,6,9H2,1H3;2-5H,1H3,(H,9,10);3H2,1-2H3;1-2H3. The second-order valence-electron chi connectivity index (χ2n) is 5.07. The van der Waals surface area contributed by atoms with Crippen molar-refractivity contribution in [1.82, 2.24) is 0 Å². The van der Waals surface area contributed by atoms with Crippen LogP contribution >= 0.6 is 0 Å². The van der Waals surface area contributed by atoms with E-state index in [2.05, 4.69) is 45.0 Å². The molecule has 0 saturated heterocycles. The first-order valence-electron chi connectivity index (χ1n) is 8.50. The smallest absolute Gasteiger partial charge is 0.335 e. The molecule has 0 atom stereocenters. The van der Waals surface area contributed by atoms with Gasteiger partial charge in [-0.3, -0.25) is 0 Å². The van der Waals surface area contributed by atoms with Crippen molar-refractivity contribution in [2.75, 3.05) is 0 Å². The monoisotopic (exact) mass is 331 g/mol. The van der Waals surface area contributed by atoms with E-state index in [1.165, 1.54) is 17.5 Å². The normalized spacial score (nSPS) is 8.46. The second kappa shape index (κ2) is 15.8. The molecule has 0 bridgehead atoms. The molecule has 0 amide bonds. The Morgan fingerprint density at radius 1 is 0.958 bits per heavy atom. The summed E-state index contributed by atoms with van der Waals surface area (Å²) in [5, 5.41) is 8.51. The van der Waals surface area contributed by atoms with E-state index in [9.17, 15) is 4.79 Å². The minimum atomic E-state index is -0.872. The van der Waals surface area contributed by atoms with Gasteiger partial charge in [0.25, 0.3) is 0 Å². The Hall–Kier alpha value is -2.13. The van der Waals surface area contributed by atoms with Crippen LogP contribution in [-0.2, 0) is 6.54 Å². The maximum absolute atomic E-state index is 10.4. The number of benzene rings is 2. The van der Waals surface area contributed by atoms with Crippen LogP contribution < -0.4 is 5.73 Å². The fraction of sp³-hybridized carbons (Fsp3) is 0.381. The summed E-state index contributed by atoms with van der Waals surface area (Å²) in [5.41, 5.74) is 9.20. The largest absolute Gasteiger partial charge is 0.478 e. The highest BCUT2D eigenvalue weighted by Gasteiger charge is 1.99. The Morgan fingerprint density at radius 3 is 1.79 bits per heavy atom. The minimum Gasteiger partial charge on any atom is -0.478 e. The van der Waals surface area contributed by atoms with Crippen LogP contribution in [0.4, 0.5) is 0 Å². The number of rotatable bonds is 2. The molecule has 0 aromatic heterocycles. The lowest BCUT2D eigenvalue weighted by Gasteiger charge is -1.94. The maximum Gasteiger partial charge on any atom is 0.335 e. The molecule has 0 aliphatic carbocycles. The van der Waals surface area contributed by atoms with Crippen LogP contribution in [0.3, 0.4) is 0 Å². The number of carboxylic acids is 1. The van der Waals surface area contributed by atoms with Gasteiger partial charge >= 0.3 is 5.97 Å². The summed E-state index contributed by atoms with van der Waals surface area (Å²) in [4.78, 5) is 10.4. The number of hydrogen-bond acceptors (Lipinski definition) is 2. The third-order valence-electron chi connectivity index (χ3n) is 2.62. The molecule has 0 heterocycles. The van der Waals surface area contributed by atoms with Gasteiger partial charge in [0.15, 0.2) is 0 Å². The van der Waals surface area contributed by atoms with Gasteiger partial charge < -0.3 is 10.8 Å². The molecule has 0 fully saturated rings. The van der Waals surface area contributed by atoms with Gasteiger partial charge in [-0.25, -0.2) is 4.79 Å². The molecule has 2 rings (SSSR count). The molecular formula is C21H33NO2. The van der Waals surface area contributed by atoms with E-state index in [1.54, 1.807) is 18.2 Å². The van der Waals surface area contributed by atoms with Crippen molar-refractivity contribution in [3.63, 3.8) is 0 Å². The number of aryl methyl sites for hydroxylation is 2. The molecule has 2 aromatic rings. The molecule has 2 aromatic carbocycles. The highest BCUT2D eigenvalue weighted by atomic mass is 16.4. The van der Waals surface area contributed by atoms with Crippen molar-refractivity contribution in [3.8, 4) is 0 Å². The summed E-state index contributed by atoms with van der Waals surface area (Å²) in [6.07, 6.45) is 1.25. The predicted octanol–water partition coefficient (Wildman–Crippen LogP) is 5.59. The zero-order chi connectivity index (χ0) is 19.0. The van der Waals surface area contributed by atoms with Crippen LogP contribution in [0.5, 0.6) is 0 Å². The third kappa shape index (κ3) is 12.4. The van der Waals surface area contributed by atoms with E-state index in [-0.39, 0.29) is 0 Å². The summed E-state index contributed by atoms with van der Waals surface area (Å²) in [5.74, 6) is -0.872. The number of carbonyl (C=O) groups is 1. The van der Waals surface area contributed by atoms with Crippen molar-refractivity contribution in [2.24, 2.45) is 5.73 Å². The second-order valence-corrected chi connectivity index (χ2v) is 5.07. The summed E-state index contributed by atoms with van der Waals surface area (Å²) < 4.78 is 0. The highest BCUT2D eigenvalue weighted by molar-refractivity contribution is 5.87. The molecule has 0 saturated carbocycles. The van der Waals surface area contributed by atoms with Gasteiger partial charge in [-0.15, -0.1) is 0 Å². The number of carboxylic acid groups (broad SMARTS) is 1. The molecule has 24 heavy (non-hydrogen) atoms. The van der Waals surface area contributed by atoms with Crippen LogP contribution in [0, 0.1) is 13.8 Å². The van der Waals surface area contributed by atoms with Crippen LogP contribution in [0.1, 0.15) is 61.2 Å². The lowest BCUT2D eigenvalue weighted by molar-refractivity contribution is 0.0697. The molecule has 3 N–H and O–H groups in total. The van der Waals surface area contributed by atoms with Gasteiger partial charge in [0.2, 0.25) is 0 Å². The van der Waals surface area contributed by atoms with Gasteiger partial charge in [0.1, 0.15) is 0 Å². The van der Waals surface area contributed by atoms with Crippen molar-refractivity contribution >= 4 is 5.97 Å². The highest BCUT2D eigenvalue weighted by Crippen LogP contribution is 2.02. The first-order valence-corrected chi connectivity index (χ1v) is 8.50. The van der Waals surface area contributed by atoms with Crippen molar-refractivity contribution in [1.29, 1.82) is 0 Å². The minimum absolute atomic E-state index is 0.347. The van der Waals surface area contributed by atoms with E-state index in [0.717, 1.165) is 5.56 Å². The summed E-state index contributed by atoms with van der Waals surface area (Å²) in [6.45, 7) is 12.8. The predicted molar refractivity (Wildman–Crippen MR) is 105 cm³/mol. The molecule has 0 spiro atoms. The fourth-order valence-electron chi connectivity index (χ4n) is 1.50. The Kier molecular flexibility index (Phi) is 15.8. The summed E-state index contributed by atoms with van der Waals surface area (Å²) >= 11 is 0. The summed E-state index contributed by atoms with van der Waals surface area (Å²) in [6, 6.07) is 15.1. The van der Waals surface area contributed by atoms with E-state index in [0.29, 0.717) is 12.1 Å². The summed E-state index contributed by atoms with van der Waals surface area (Å²) in [7, 11) is 0. The quantitative estimate of drug-likeness (QED) is 0.754. The molecule has 0 unspecified atom stereocenters. The first-order chi connectivity index (χ1) is 11.4. The van der Waals surface area contributed by atoms with Crippen molar-refractivity contribution in [3.05, 3.63) is 70.8 Å². The third-order valence-corrected chi connectivity index (χ3v) is 2.62. The van der Waals surface area contributed by atoms with E-state index >= 15 is 0 Å². The zero-order valence-corrected chi connectivity index (χ0v) is 16.0. The van der Waals surface area contributed by atoms with E-state index < -0.39 is 5.97 Å². The van der Waals surface area contributed by atoms with Crippen LogP contribution in [0.15, 0.2) is 48.5 Å². The van der Waals surface area contributed by atoms with Crippen LogP contribution in [0.2, 0.25) is 0 Å². The van der Waals surface area contributed by atoms with Crippen molar-refractivity contribution < 1.29 is 9.90 Å². The Balaban J connectivity index is 0. The number of nitrogens with two attached hydrogens (primary N) is 1. The van der Waals surface area contributed by atoms with E-state index in [4.69, 9.17) is 10.8 Å². The topological polar surface area (TPSA) is 63.3 Å². The van der Waals surface area contributed by atoms with Gasteiger partial charge in [0.05, 0.1) is 5.56 Å². The van der Waals surface area contributed by atoms with Crippen LogP contribution in [0.25, 0.3) is 0 Å². The molecule has 0 aliphatic rings. The van der Waals surface area contributed by atoms with Crippen LogP contribution in [-0.4, -0.2) is 11.1 Å². The SMILES string of the molecule is CC.CCC.Cc1ccc(CN)cc1.Cc1cccc(C(=O)O)c1. The van der Waals surface area contributed by atoms with Crippen molar-refractivity contribution in [2.45, 2.75) is 54.5 Å². The average Bonchev–Trinajstić information content (AvgIpc) is 2.59. The number of hydrogen-bond donors (Lipinski definition) is 2. The Morgan fingerprint density at radius 2 is 1.46 bits per heavy atom.